The molecule has 0 radical (unpaired) electrons. The highest BCUT2D eigenvalue weighted by atomic mass is 16.2. The van der Waals surface area contributed by atoms with Gasteiger partial charge in [-0.3, -0.25) is 4.79 Å². The second-order valence-corrected chi connectivity index (χ2v) is 6.05. The lowest BCUT2D eigenvalue weighted by molar-refractivity contribution is -0.144. The van der Waals surface area contributed by atoms with Gasteiger partial charge in [0.1, 0.15) is 5.41 Å². The number of nitrogens with zero attached hydrogens (tertiary/aromatic N) is 2. The predicted octanol–water partition coefficient (Wildman–Crippen LogP) is 3.11. The van der Waals surface area contributed by atoms with E-state index in [1.165, 1.54) is 19.3 Å². The molecule has 0 aromatic rings. The first kappa shape index (κ1) is 13.4. The molecule has 0 aromatic heterocycles. The lowest BCUT2D eigenvalue weighted by Crippen LogP contribution is -2.50. The van der Waals surface area contributed by atoms with Gasteiger partial charge in [-0.2, -0.15) is 5.26 Å². The number of carbonyl (C=O) groups is 1. The van der Waals surface area contributed by atoms with Crippen LogP contribution in [0.5, 0.6) is 0 Å². The minimum Gasteiger partial charge on any atom is -0.341 e. The maximum atomic E-state index is 12.4. The van der Waals surface area contributed by atoms with Crippen LogP contribution in [0, 0.1) is 22.7 Å². The van der Waals surface area contributed by atoms with E-state index in [2.05, 4.69) is 13.0 Å². The van der Waals surface area contributed by atoms with Gasteiger partial charge in [-0.05, 0) is 50.9 Å². The van der Waals surface area contributed by atoms with E-state index in [-0.39, 0.29) is 5.91 Å². The highest BCUT2D eigenvalue weighted by molar-refractivity contribution is 5.86. The summed E-state index contributed by atoms with van der Waals surface area (Å²) in [5, 5.41) is 9.24. The molecule has 0 aromatic carbocycles. The molecular formula is C15H24N2O. The first-order valence-corrected chi connectivity index (χ1v) is 7.31. The number of rotatable bonds is 3. The van der Waals surface area contributed by atoms with E-state index in [4.69, 9.17) is 0 Å². The van der Waals surface area contributed by atoms with Crippen LogP contribution in [-0.2, 0) is 4.79 Å². The molecule has 0 N–H and O–H groups in total. The molecule has 100 valence electrons. The monoisotopic (exact) mass is 248 g/mol. The molecule has 2 aliphatic carbocycles. The Bertz CT molecular complexity index is 346. The zero-order valence-electron chi connectivity index (χ0n) is 11.6. The molecule has 0 bridgehead atoms. The maximum Gasteiger partial charge on any atom is 0.243 e. The Morgan fingerprint density at radius 1 is 1.33 bits per heavy atom. The molecule has 3 nitrogen and oxygen atoms in total. The summed E-state index contributed by atoms with van der Waals surface area (Å²) < 4.78 is 0. The van der Waals surface area contributed by atoms with Crippen molar-refractivity contribution in [2.24, 2.45) is 11.3 Å². The van der Waals surface area contributed by atoms with Gasteiger partial charge >= 0.3 is 0 Å². The van der Waals surface area contributed by atoms with Crippen molar-refractivity contribution in [1.82, 2.24) is 4.90 Å². The molecule has 2 fully saturated rings. The van der Waals surface area contributed by atoms with Crippen molar-refractivity contribution >= 4 is 5.91 Å². The minimum atomic E-state index is -0.670. The molecule has 1 amide bonds. The zero-order valence-corrected chi connectivity index (χ0v) is 11.6. The standard InChI is InChI=1S/C15H24N2O/c1-3-12-5-7-13(8-6-12)17(2)14(18)15(11-16)9-4-10-15/h12-13H,3-10H2,1-2H3. The van der Waals surface area contributed by atoms with Crippen molar-refractivity contribution in [2.75, 3.05) is 7.05 Å². The largest absolute Gasteiger partial charge is 0.341 e. The van der Waals surface area contributed by atoms with Crippen LogP contribution in [0.3, 0.4) is 0 Å². The van der Waals surface area contributed by atoms with Crippen LogP contribution in [0.25, 0.3) is 0 Å². The summed E-state index contributed by atoms with van der Waals surface area (Å²) >= 11 is 0. The zero-order chi connectivity index (χ0) is 13.2. The van der Waals surface area contributed by atoms with Crippen LogP contribution < -0.4 is 0 Å². The Kier molecular flexibility index (Phi) is 3.94. The van der Waals surface area contributed by atoms with Crippen molar-refractivity contribution in [2.45, 2.75) is 64.3 Å². The fourth-order valence-corrected chi connectivity index (χ4v) is 3.35. The van der Waals surface area contributed by atoms with E-state index >= 15 is 0 Å². The maximum absolute atomic E-state index is 12.4. The van der Waals surface area contributed by atoms with Gasteiger partial charge in [-0.1, -0.05) is 13.3 Å². The first-order chi connectivity index (χ1) is 8.63. The Morgan fingerprint density at radius 3 is 2.33 bits per heavy atom. The van der Waals surface area contributed by atoms with E-state index < -0.39 is 5.41 Å². The van der Waals surface area contributed by atoms with Crippen molar-refractivity contribution < 1.29 is 4.79 Å². The minimum absolute atomic E-state index is 0.0798. The van der Waals surface area contributed by atoms with Gasteiger partial charge in [0.25, 0.3) is 0 Å². The van der Waals surface area contributed by atoms with Crippen molar-refractivity contribution in [3.63, 3.8) is 0 Å². The number of carbonyl (C=O) groups excluding carboxylic acids is 1. The van der Waals surface area contributed by atoms with Crippen LogP contribution in [0.15, 0.2) is 0 Å². The van der Waals surface area contributed by atoms with E-state index in [1.54, 1.807) is 0 Å². The fourth-order valence-electron chi connectivity index (χ4n) is 3.35. The van der Waals surface area contributed by atoms with E-state index in [0.717, 1.165) is 38.0 Å². The molecule has 0 spiro atoms. The number of nitriles is 1. The van der Waals surface area contributed by atoms with Gasteiger partial charge in [0.2, 0.25) is 5.91 Å². The smallest absolute Gasteiger partial charge is 0.243 e. The Labute approximate surface area is 110 Å². The summed E-state index contributed by atoms with van der Waals surface area (Å²) in [5.74, 6) is 0.926. The second kappa shape index (κ2) is 5.30. The third kappa shape index (κ3) is 2.25. The summed E-state index contributed by atoms with van der Waals surface area (Å²) in [6.07, 6.45) is 8.50. The molecular weight excluding hydrogens is 224 g/mol. The Hall–Kier alpha value is -1.04. The van der Waals surface area contributed by atoms with Crippen LogP contribution >= 0.6 is 0 Å². The van der Waals surface area contributed by atoms with E-state index in [9.17, 15) is 10.1 Å². The molecule has 0 aliphatic heterocycles. The van der Waals surface area contributed by atoms with Crippen LogP contribution in [0.2, 0.25) is 0 Å². The molecule has 3 heteroatoms. The summed E-state index contributed by atoms with van der Waals surface area (Å²) in [6.45, 7) is 2.25. The van der Waals surface area contributed by atoms with Crippen molar-refractivity contribution in [3.05, 3.63) is 0 Å². The molecule has 2 saturated carbocycles. The van der Waals surface area contributed by atoms with Gasteiger partial charge in [-0.15, -0.1) is 0 Å². The highest BCUT2D eigenvalue weighted by Gasteiger charge is 2.47. The third-order valence-electron chi connectivity index (χ3n) is 5.09. The molecule has 2 aliphatic rings. The van der Waals surface area contributed by atoms with Gasteiger partial charge in [0, 0.05) is 13.1 Å². The number of amides is 1. The summed E-state index contributed by atoms with van der Waals surface area (Å²) in [6, 6.07) is 2.63. The fraction of sp³-hybridized carbons (Fsp3) is 0.867. The van der Waals surface area contributed by atoms with Crippen LogP contribution in [0.4, 0.5) is 0 Å². The summed E-state index contributed by atoms with van der Waals surface area (Å²) in [5.41, 5.74) is -0.670. The molecule has 2 rings (SSSR count). The lowest BCUT2D eigenvalue weighted by Gasteiger charge is -2.41. The third-order valence-corrected chi connectivity index (χ3v) is 5.09. The van der Waals surface area contributed by atoms with E-state index in [1.807, 2.05) is 11.9 Å². The number of hydrogen-bond donors (Lipinski definition) is 0. The van der Waals surface area contributed by atoms with Crippen molar-refractivity contribution in [3.8, 4) is 6.07 Å². The topological polar surface area (TPSA) is 44.1 Å². The first-order valence-electron chi connectivity index (χ1n) is 7.31. The van der Waals surface area contributed by atoms with Gasteiger partial charge in [0.05, 0.1) is 6.07 Å². The number of hydrogen-bond acceptors (Lipinski definition) is 2. The SMILES string of the molecule is CCC1CCC(N(C)C(=O)C2(C#N)CCC2)CC1. The summed E-state index contributed by atoms with van der Waals surface area (Å²) in [7, 11) is 1.90. The van der Waals surface area contributed by atoms with Crippen LogP contribution in [-0.4, -0.2) is 23.9 Å². The Morgan fingerprint density at radius 2 is 1.94 bits per heavy atom. The van der Waals surface area contributed by atoms with Gasteiger partial charge < -0.3 is 4.90 Å². The van der Waals surface area contributed by atoms with Crippen molar-refractivity contribution in [1.29, 1.82) is 5.26 Å². The average molecular weight is 248 g/mol. The lowest BCUT2D eigenvalue weighted by atomic mass is 9.68. The molecule has 0 heterocycles. The molecule has 0 unspecified atom stereocenters. The average Bonchev–Trinajstić information content (AvgIpc) is 2.37. The van der Waals surface area contributed by atoms with Gasteiger partial charge in [0.15, 0.2) is 0 Å². The highest BCUT2D eigenvalue weighted by Crippen LogP contribution is 2.42. The molecule has 0 saturated heterocycles. The van der Waals surface area contributed by atoms with Gasteiger partial charge in [-0.25, -0.2) is 0 Å². The Balaban J connectivity index is 1.94. The quantitative estimate of drug-likeness (QED) is 0.770. The summed E-state index contributed by atoms with van der Waals surface area (Å²) in [4.78, 5) is 14.3. The van der Waals surface area contributed by atoms with Crippen LogP contribution in [0.1, 0.15) is 58.3 Å². The predicted molar refractivity (Wildman–Crippen MR) is 70.7 cm³/mol. The molecule has 0 atom stereocenters. The van der Waals surface area contributed by atoms with E-state index in [0.29, 0.717) is 6.04 Å². The normalized spacial score (nSPS) is 30.1. The molecule has 18 heavy (non-hydrogen) atoms. The second-order valence-electron chi connectivity index (χ2n) is 6.05.